The molecule has 5 heteroatoms. The van der Waals surface area contributed by atoms with Gasteiger partial charge in [-0.05, 0) is 18.1 Å². The first-order valence-electron chi connectivity index (χ1n) is 5.78. The van der Waals surface area contributed by atoms with Gasteiger partial charge in [-0.3, -0.25) is 4.79 Å². The lowest BCUT2D eigenvalue weighted by molar-refractivity contribution is -0.140. The van der Waals surface area contributed by atoms with Crippen molar-refractivity contribution in [3.63, 3.8) is 0 Å². The summed E-state index contributed by atoms with van der Waals surface area (Å²) in [6.45, 7) is 0. The van der Waals surface area contributed by atoms with Gasteiger partial charge in [-0.2, -0.15) is 13.2 Å². The Balaban J connectivity index is 2.15. The van der Waals surface area contributed by atoms with Crippen LogP contribution in [0.3, 0.4) is 0 Å². The van der Waals surface area contributed by atoms with Crippen LogP contribution in [0.1, 0.15) is 41.6 Å². The van der Waals surface area contributed by atoms with Crippen LogP contribution in [0.4, 0.5) is 17.6 Å². The molecule has 0 unspecified atom stereocenters. The molecule has 98 valence electrons. The third-order valence-electron chi connectivity index (χ3n) is 3.30. The lowest BCUT2D eigenvalue weighted by atomic mass is 9.81. The summed E-state index contributed by atoms with van der Waals surface area (Å²) in [5.41, 5.74) is -1.31. The smallest absolute Gasteiger partial charge is 0.294 e. The van der Waals surface area contributed by atoms with Crippen LogP contribution < -0.4 is 0 Å². The Hall–Kier alpha value is -1.39. The number of benzene rings is 1. The van der Waals surface area contributed by atoms with Crippen molar-refractivity contribution in [1.82, 2.24) is 0 Å². The van der Waals surface area contributed by atoms with Gasteiger partial charge in [-0.1, -0.05) is 25.3 Å². The molecule has 1 aromatic carbocycles. The second-order valence-corrected chi connectivity index (χ2v) is 4.62. The molecule has 2 rings (SSSR count). The van der Waals surface area contributed by atoms with Crippen LogP contribution >= 0.6 is 0 Å². The van der Waals surface area contributed by atoms with Crippen LogP contribution in [0.15, 0.2) is 18.2 Å². The number of alkyl halides is 3. The summed E-state index contributed by atoms with van der Waals surface area (Å²) in [7, 11) is 0. The van der Waals surface area contributed by atoms with Crippen molar-refractivity contribution >= 4 is 5.78 Å². The van der Waals surface area contributed by atoms with Crippen LogP contribution in [0.5, 0.6) is 0 Å². The van der Waals surface area contributed by atoms with Crippen molar-refractivity contribution in [3.8, 4) is 0 Å². The standard InChI is InChI=1S/C13H12F4O/c14-11-7-9(4-5-10(11)13(15,16)17)12(18)6-8-2-1-3-8/h4-5,7-8H,1-3,6H2. The van der Waals surface area contributed by atoms with E-state index in [0.29, 0.717) is 24.5 Å². The highest BCUT2D eigenvalue weighted by Crippen LogP contribution is 2.33. The molecule has 1 saturated carbocycles. The highest BCUT2D eigenvalue weighted by Gasteiger charge is 2.34. The molecule has 1 aliphatic carbocycles. The van der Waals surface area contributed by atoms with E-state index in [4.69, 9.17) is 0 Å². The molecule has 0 bridgehead atoms. The molecule has 0 N–H and O–H groups in total. The number of rotatable bonds is 3. The van der Waals surface area contributed by atoms with E-state index in [1.807, 2.05) is 0 Å². The largest absolute Gasteiger partial charge is 0.419 e. The lowest BCUT2D eigenvalue weighted by Gasteiger charge is -2.24. The fourth-order valence-corrected chi connectivity index (χ4v) is 2.00. The minimum absolute atomic E-state index is 0.0207. The van der Waals surface area contributed by atoms with E-state index < -0.39 is 17.6 Å². The van der Waals surface area contributed by atoms with E-state index in [-0.39, 0.29) is 11.3 Å². The maximum absolute atomic E-state index is 13.3. The Morgan fingerprint density at radius 3 is 2.39 bits per heavy atom. The van der Waals surface area contributed by atoms with Gasteiger partial charge in [0.15, 0.2) is 5.78 Å². The minimum atomic E-state index is -4.72. The number of halogens is 4. The van der Waals surface area contributed by atoms with E-state index >= 15 is 0 Å². The molecule has 1 nitrogen and oxygen atoms in total. The SMILES string of the molecule is O=C(CC1CCC1)c1ccc(C(F)(F)F)c(F)c1. The van der Waals surface area contributed by atoms with Crippen LogP contribution in [0.2, 0.25) is 0 Å². The van der Waals surface area contributed by atoms with Crippen molar-refractivity contribution < 1.29 is 22.4 Å². The number of carbonyl (C=O) groups is 1. The zero-order valence-corrected chi connectivity index (χ0v) is 9.56. The molecule has 1 aromatic rings. The first-order chi connectivity index (χ1) is 8.38. The Morgan fingerprint density at radius 2 is 1.94 bits per heavy atom. The van der Waals surface area contributed by atoms with Gasteiger partial charge in [0.25, 0.3) is 0 Å². The summed E-state index contributed by atoms with van der Waals surface area (Å²) in [6, 6.07) is 2.36. The summed E-state index contributed by atoms with van der Waals surface area (Å²) in [6.07, 6.45) is -1.41. The maximum atomic E-state index is 13.3. The van der Waals surface area contributed by atoms with Crippen molar-refractivity contribution in [3.05, 3.63) is 35.1 Å². The molecule has 0 radical (unpaired) electrons. The van der Waals surface area contributed by atoms with Gasteiger partial charge < -0.3 is 0 Å². The van der Waals surface area contributed by atoms with Crippen LogP contribution in [-0.4, -0.2) is 5.78 Å². The summed E-state index contributed by atoms with van der Waals surface area (Å²) in [5, 5.41) is 0. The molecular weight excluding hydrogens is 248 g/mol. The number of carbonyl (C=O) groups excluding carboxylic acids is 1. The van der Waals surface area contributed by atoms with Crippen molar-refractivity contribution in [2.24, 2.45) is 5.92 Å². The van der Waals surface area contributed by atoms with E-state index in [2.05, 4.69) is 0 Å². The monoisotopic (exact) mass is 260 g/mol. The van der Waals surface area contributed by atoms with E-state index in [9.17, 15) is 22.4 Å². The van der Waals surface area contributed by atoms with Gasteiger partial charge in [0.05, 0.1) is 5.56 Å². The third-order valence-corrected chi connectivity index (χ3v) is 3.30. The zero-order chi connectivity index (χ0) is 13.3. The summed E-state index contributed by atoms with van der Waals surface area (Å²) in [5.74, 6) is -1.36. The van der Waals surface area contributed by atoms with Crippen molar-refractivity contribution in [2.75, 3.05) is 0 Å². The quantitative estimate of drug-likeness (QED) is 0.587. The normalized spacial score (nSPS) is 16.4. The van der Waals surface area contributed by atoms with E-state index in [1.165, 1.54) is 0 Å². The number of Topliss-reactive ketones (excluding diaryl/α,β-unsaturated/α-hetero) is 1. The molecule has 0 atom stereocenters. The molecule has 0 aromatic heterocycles. The molecular formula is C13H12F4O. The molecule has 18 heavy (non-hydrogen) atoms. The van der Waals surface area contributed by atoms with Gasteiger partial charge in [-0.25, -0.2) is 4.39 Å². The van der Waals surface area contributed by atoms with Gasteiger partial charge >= 0.3 is 6.18 Å². The summed E-state index contributed by atoms with van der Waals surface area (Å²) < 4.78 is 50.3. The second-order valence-electron chi connectivity index (χ2n) is 4.62. The Labute approximate surface area is 102 Å². The molecule has 0 spiro atoms. The average Bonchev–Trinajstić information content (AvgIpc) is 2.21. The maximum Gasteiger partial charge on any atom is 0.419 e. The Kier molecular flexibility index (Phi) is 3.41. The van der Waals surface area contributed by atoms with E-state index in [1.54, 1.807) is 0 Å². The van der Waals surface area contributed by atoms with Gasteiger partial charge in [0, 0.05) is 12.0 Å². The highest BCUT2D eigenvalue weighted by molar-refractivity contribution is 5.96. The lowest BCUT2D eigenvalue weighted by Crippen LogP contribution is -2.16. The molecule has 0 heterocycles. The molecule has 0 amide bonds. The third kappa shape index (κ3) is 2.71. The van der Waals surface area contributed by atoms with Crippen molar-refractivity contribution in [1.29, 1.82) is 0 Å². The predicted octanol–water partition coefficient (Wildman–Crippen LogP) is 4.22. The highest BCUT2D eigenvalue weighted by atomic mass is 19.4. The number of hydrogen-bond donors (Lipinski definition) is 0. The van der Waals surface area contributed by atoms with Crippen LogP contribution in [-0.2, 0) is 6.18 Å². The van der Waals surface area contributed by atoms with Gasteiger partial charge in [0.2, 0.25) is 0 Å². The van der Waals surface area contributed by atoms with Crippen LogP contribution in [0, 0.1) is 11.7 Å². The molecule has 0 aliphatic heterocycles. The first kappa shape index (κ1) is 13.1. The molecule has 0 saturated heterocycles. The molecule has 1 fully saturated rings. The summed E-state index contributed by atoms with van der Waals surface area (Å²) in [4.78, 5) is 11.7. The average molecular weight is 260 g/mol. The predicted molar refractivity (Wildman–Crippen MR) is 57.7 cm³/mol. The summed E-state index contributed by atoms with van der Waals surface area (Å²) >= 11 is 0. The number of ketones is 1. The Morgan fingerprint density at radius 1 is 1.28 bits per heavy atom. The second kappa shape index (κ2) is 4.71. The Bertz CT molecular complexity index is 461. The number of hydrogen-bond acceptors (Lipinski definition) is 1. The minimum Gasteiger partial charge on any atom is -0.294 e. The first-order valence-corrected chi connectivity index (χ1v) is 5.78. The van der Waals surface area contributed by atoms with Crippen LogP contribution in [0.25, 0.3) is 0 Å². The fourth-order valence-electron chi connectivity index (χ4n) is 2.00. The zero-order valence-electron chi connectivity index (χ0n) is 9.56. The van der Waals surface area contributed by atoms with E-state index in [0.717, 1.165) is 25.3 Å². The topological polar surface area (TPSA) is 17.1 Å². The van der Waals surface area contributed by atoms with Gasteiger partial charge in [-0.15, -0.1) is 0 Å². The van der Waals surface area contributed by atoms with Gasteiger partial charge in [0.1, 0.15) is 5.82 Å². The fraction of sp³-hybridized carbons (Fsp3) is 0.462. The molecule has 1 aliphatic rings. The van der Waals surface area contributed by atoms with Crippen molar-refractivity contribution in [2.45, 2.75) is 31.9 Å².